The number of likely N-dealkylation sites (tertiary alicyclic amines) is 1. The first kappa shape index (κ1) is 15.5. The van der Waals surface area contributed by atoms with Crippen LogP contribution in [0.4, 0.5) is 5.69 Å². The number of nitrogens with zero attached hydrogens (tertiary/aromatic N) is 2. The standard InChI is InChI=1S/C17H21BrN2O2/c1-12-5-6-14(10-15(12)18)20-11-13(9-16(20)21)17(22)19-7-3-2-4-8-19/h5-6,10,13H,2-4,7-9,11H2,1H3. The fourth-order valence-electron chi connectivity index (χ4n) is 3.24. The van der Waals surface area contributed by atoms with E-state index in [4.69, 9.17) is 0 Å². The number of piperidine rings is 1. The van der Waals surface area contributed by atoms with Crippen LogP contribution in [0.5, 0.6) is 0 Å². The van der Waals surface area contributed by atoms with Crippen LogP contribution in [0.2, 0.25) is 0 Å². The zero-order valence-electron chi connectivity index (χ0n) is 12.8. The second kappa shape index (κ2) is 6.41. The van der Waals surface area contributed by atoms with E-state index in [2.05, 4.69) is 15.9 Å². The first-order chi connectivity index (χ1) is 10.6. The maximum atomic E-state index is 12.6. The summed E-state index contributed by atoms with van der Waals surface area (Å²) in [6.45, 7) is 4.21. The van der Waals surface area contributed by atoms with Crippen LogP contribution >= 0.6 is 15.9 Å². The molecule has 2 saturated heterocycles. The van der Waals surface area contributed by atoms with E-state index in [1.165, 1.54) is 6.42 Å². The highest BCUT2D eigenvalue weighted by Crippen LogP contribution is 2.30. The summed E-state index contributed by atoms with van der Waals surface area (Å²) in [7, 11) is 0. The van der Waals surface area contributed by atoms with Crippen molar-refractivity contribution in [1.82, 2.24) is 4.90 Å². The molecule has 2 fully saturated rings. The van der Waals surface area contributed by atoms with Gasteiger partial charge in [0, 0.05) is 36.2 Å². The Balaban J connectivity index is 1.72. The molecule has 0 saturated carbocycles. The molecule has 0 aliphatic carbocycles. The van der Waals surface area contributed by atoms with Crippen LogP contribution in [0.3, 0.4) is 0 Å². The highest BCUT2D eigenvalue weighted by atomic mass is 79.9. The van der Waals surface area contributed by atoms with E-state index in [9.17, 15) is 9.59 Å². The Morgan fingerprint density at radius 2 is 1.95 bits per heavy atom. The summed E-state index contributed by atoms with van der Waals surface area (Å²) in [5.41, 5.74) is 2.01. The molecule has 0 N–H and O–H groups in total. The summed E-state index contributed by atoms with van der Waals surface area (Å²) in [5.74, 6) is 0.0125. The average molecular weight is 365 g/mol. The Labute approximate surface area is 139 Å². The van der Waals surface area contributed by atoms with Gasteiger partial charge in [0.1, 0.15) is 0 Å². The van der Waals surface area contributed by atoms with Crippen molar-refractivity contribution in [2.45, 2.75) is 32.6 Å². The van der Waals surface area contributed by atoms with Gasteiger partial charge in [-0.2, -0.15) is 0 Å². The molecule has 1 unspecified atom stereocenters. The summed E-state index contributed by atoms with van der Waals surface area (Å²) in [6, 6.07) is 5.90. The number of rotatable bonds is 2. The summed E-state index contributed by atoms with van der Waals surface area (Å²) in [6.07, 6.45) is 3.71. The van der Waals surface area contributed by atoms with Gasteiger partial charge < -0.3 is 9.80 Å². The molecule has 0 radical (unpaired) electrons. The highest BCUT2D eigenvalue weighted by molar-refractivity contribution is 9.10. The van der Waals surface area contributed by atoms with Crippen LogP contribution in [0.15, 0.2) is 22.7 Å². The third-order valence-electron chi connectivity index (χ3n) is 4.61. The Morgan fingerprint density at radius 3 is 2.64 bits per heavy atom. The maximum Gasteiger partial charge on any atom is 0.228 e. The second-order valence-electron chi connectivity index (χ2n) is 6.22. The van der Waals surface area contributed by atoms with Crippen molar-refractivity contribution in [1.29, 1.82) is 0 Å². The van der Waals surface area contributed by atoms with Gasteiger partial charge >= 0.3 is 0 Å². The van der Waals surface area contributed by atoms with Gasteiger partial charge in [-0.1, -0.05) is 22.0 Å². The molecule has 118 valence electrons. The molecule has 5 heteroatoms. The van der Waals surface area contributed by atoms with E-state index in [1.54, 1.807) is 4.90 Å². The predicted molar refractivity (Wildman–Crippen MR) is 89.8 cm³/mol. The average Bonchev–Trinajstić information content (AvgIpc) is 2.92. The lowest BCUT2D eigenvalue weighted by Gasteiger charge is -2.29. The van der Waals surface area contributed by atoms with Crippen LogP contribution in [0.1, 0.15) is 31.2 Å². The lowest BCUT2D eigenvalue weighted by molar-refractivity contribution is -0.136. The van der Waals surface area contributed by atoms with Crippen molar-refractivity contribution in [2.24, 2.45) is 5.92 Å². The van der Waals surface area contributed by atoms with Crippen molar-refractivity contribution in [3.63, 3.8) is 0 Å². The Morgan fingerprint density at radius 1 is 1.23 bits per heavy atom. The largest absolute Gasteiger partial charge is 0.342 e. The zero-order chi connectivity index (χ0) is 15.7. The minimum atomic E-state index is -0.189. The van der Waals surface area contributed by atoms with E-state index in [1.807, 2.05) is 30.0 Å². The molecule has 2 heterocycles. The molecule has 1 atom stereocenters. The first-order valence-corrected chi connectivity index (χ1v) is 8.71. The van der Waals surface area contributed by atoms with E-state index in [0.29, 0.717) is 13.0 Å². The Bertz CT molecular complexity index is 596. The zero-order valence-corrected chi connectivity index (χ0v) is 14.4. The molecule has 1 aromatic rings. The number of anilines is 1. The van der Waals surface area contributed by atoms with Crippen LogP contribution in [0, 0.1) is 12.8 Å². The summed E-state index contributed by atoms with van der Waals surface area (Å²) in [5, 5.41) is 0. The maximum absolute atomic E-state index is 12.6. The monoisotopic (exact) mass is 364 g/mol. The molecule has 4 nitrogen and oxygen atoms in total. The first-order valence-electron chi connectivity index (χ1n) is 7.91. The lowest BCUT2D eigenvalue weighted by atomic mass is 10.0. The van der Waals surface area contributed by atoms with E-state index in [-0.39, 0.29) is 17.7 Å². The Hall–Kier alpha value is -1.36. The number of hydrogen-bond donors (Lipinski definition) is 0. The molecular formula is C17H21BrN2O2. The van der Waals surface area contributed by atoms with Gasteiger partial charge in [-0.05, 0) is 43.9 Å². The molecule has 0 bridgehead atoms. The number of halogens is 1. The van der Waals surface area contributed by atoms with Crippen LogP contribution in [-0.4, -0.2) is 36.3 Å². The van der Waals surface area contributed by atoms with Gasteiger partial charge in [-0.3, -0.25) is 9.59 Å². The number of aryl methyl sites for hydroxylation is 1. The van der Waals surface area contributed by atoms with Gasteiger partial charge in [0.15, 0.2) is 0 Å². The molecule has 0 aromatic heterocycles. The minimum Gasteiger partial charge on any atom is -0.342 e. The topological polar surface area (TPSA) is 40.6 Å². The molecule has 2 aliphatic rings. The van der Waals surface area contributed by atoms with E-state index >= 15 is 0 Å². The minimum absolute atomic E-state index is 0.0473. The number of amides is 2. The number of hydrogen-bond acceptors (Lipinski definition) is 2. The number of carbonyl (C=O) groups excluding carboxylic acids is 2. The van der Waals surface area contributed by atoms with Crippen molar-refractivity contribution in [3.05, 3.63) is 28.2 Å². The van der Waals surface area contributed by atoms with Crippen LogP contribution in [0.25, 0.3) is 0 Å². The normalized spacial score (nSPS) is 22.3. The van der Waals surface area contributed by atoms with Crippen LogP contribution in [-0.2, 0) is 9.59 Å². The quantitative estimate of drug-likeness (QED) is 0.808. The molecule has 22 heavy (non-hydrogen) atoms. The predicted octanol–water partition coefficient (Wildman–Crippen LogP) is 3.12. The van der Waals surface area contributed by atoms with E-state index < -0.39 is 0 Å². The molecule has 0 spiro atoms. The third kappa shape index (κ3) is 3.05. The van der Waals surface area contributed by atoms with Crippen molar-refractivity contribution < 1.29 is 9.59 Å². The van der Waals surface area contributed by atoms with Crippen molar-refractivity contribution in [3.8, 4) is 0 Å². The Kier molecular flexibility index (Phi) is 4.52. The van der Waals surface area contributed by atoms with Gasteiger partial charge in [-0.15, -0.1) is 0 Å². The van der Waals surface area contributed by atoms with Gasteiger partial charge in [-0.25, -0.2) is 0 Å². The fourth-order valence-corrected chi connectivity index (χ4v) is 3.61. The molecule has 3 rings (SSSR count). The SMILES string of the molecule is Cc1ccc(N2CC(C(=O)N3CCCCC3)CC2=O)cc1Br. The third-order valence-corrected chi connectivity index (χ3v) is 5.46. The van der Waals surface area contributed by atoms with Crippen molar-refractivity contribution >= 4 is 33.4 Å². The fraction of sp³-hybridized carbons (Fsp3) is 0.529. The number of carbonyl (C=O) groups is 2. The smallest absolute Gasteiger partial charge is 0.228 e. The van der Waals surface area contributed by atoms with Gasteiger partial charge in [0.2, 0.25) is 11.8 Å². The van der Waals surface area contributed by atoms with Crippen LogP contribution < -0.4 is 4.90 Å². The van der Waals surface area contributed by atoms with Gasteiger partial charge in [0.25, 0.3) is 0 Å². The molecule has 1 aromatic carbocycles. The van der Waals surface area contributed by atoms with Gasteiger partial charge in [0.05, 0.1) is 5.92 Å². The summed E-state index contributed by atoms with van der Waals surface area (Å²) < 4.78 is 0.989. The highest BCUT2D eigenvalue weighted by Gasteiger charge is 2.37. The molecule has 2 amide bonds. The van der Waals surface area contributed by atoms with Crippen molar-refractivity contribution in [2.75, 3.05) is 24.5 Å². The summed E-state index contributed by atoms with van der Waals surface area (Å²) in [4.78, 5) is 28.6. The lowest BCUT2D eigenvalue weighted by Crippen LogP contribution is -2.40. The summed E-state index contributed by atoms with van der Waals surface area (Å²) >= 11 is 3.51. The number of benzene rings is 1. The molecule has 2 aliphatic heterocycles. The second-order valence-corrected chi connectivity index (χ2v) is 7.08. The molecular weight excluding hydrogens is 344 g/mol. The van der Waals surface area contributed by atoms with E-state index in [0.717, 1.165) is 41.7 Å².